The molecule has 0 aromatic carbocycles. The number of aromatic nitrogens is 4. The Bertz CT molecular complexity index is 727. The minimum Gasteiger partial charge on any atom is -0.378 e. The van der Waals surface area contributed by atoms with Crippen molar-refractivity contribution in [2.24, 2.45) is 0 Å². The van der Waals surface area contributed by atoms with Gasteiger partial charge in [0, 0.05) is 44.1 Å². The molecule has 0 N–H and O–H groups in total. The molecule has 0 atom stereocenters. The maximum absolute atomic E-state index is 12.6. The molecule has 0 bridgehead atoms. The van der Waals surface area contributed by atoms with Crippen molar-refractivity contribution in [2.75, 3.05) is 13.7 Å². The van der Waals surface area contributed by atoms with E-state index in [0.29, 0.717) is 26.0 Å². The maximum atomic E-state index is 12.6. The van der Waals surface area contributed by atoms with Gasteiger partial charge in [0.25, 0.3) is 0 Å². The van der Waals surface area contributed by atoms with Gasteiger partial charge in [0.1, 0.15) is 6.33 Å². The molecule has 0 radical (unpaired) electrons. The van der Waals surface area contributed by atoms with Crippen molar-refractivity contribution in [3.8, 4) is 0 Å². The number of carbonyl (C=O) groups is 1. The number of hydrogen-bond acceptors (Lipinski definition) is 5. The lowest BCUT2D eigenvalue weighted by molar-refractivity contribution is -0.132. The van der Waals surface area contributed by atoms with E-state index in [4.69, 9.17) is 9.84 Å². The van der Waals surface area contributed by atoms with Crippen LogP contribution >= 0.6 is 0 Å². The quantitative estimate of drug-likeness (QED) is 0.801. The summed E-state index contributed by atoms with van der Waals surface area (Å²) >= 11 is 0. The molecule has 0 spiro atoms. The van der Waals surface area contributed by atoms with Crippen LogP contribution in [0.25, 0.3) is 0 Å². The third-order valence-corrected chi connectivity index (χ3v) is 4.54. The highest BCUT2D eigenvalue weighted by molar-refractivity contribution is 5.76. The SMILES string of the molecule is COCc1nn(C(C)C)c2c1CCN(C(=O)CCc1cncnc1)C2. The summed E-state index contributed by atoms with van der Waals surface area (Å²) in [5.74, 6) is 0.166. The summed E-state index contributed by atoms with van der Waals surface area (Å²) in [5.41, 5.74) is 4.38. The Morgan fingerprint density at radius 2 is 2.08 bits per heavy atom. The first-order valence-corrected chi connectivity index (χ1v) is 8.70. The van der Waals surface area contributed by atoms with E-state index < -0.39 is 0 Å². The summed E-state index contributed by atoms with van der Waals surface area (Å²) in [7, 11) is 1.69. The Morgan fingerprint density at radius 1 is 1.32 bits per heavy atom. The van der Waals surface area contributed by atoms with Crippen molar-refractivity contribution in [2.45, 2.75) is 52.3 Å². The van der Waals surface area contributed by atoms with Gasteiger partial charge in [-0.15, -0.1) is 0 Å². The largest absolute Gasteiger partial charge is 0.378 e. The van der Waals surface area contributed by atoms with E-state index in [1.54, 1.807) is 19.5 Å². The van der Waals surface area contributed by atoms with Crippen LogP contribution in [0.15, 0.2) is 18.7 Å². The van der Waals surface area contributed by atoms with Gasteiger partial charge in [-0.25, -0.2) is 9.97 Å². The molecule has 134 valence electrons. The van der Waals surface area contributed by atoms with Gasteiger partial charge in [0.05, 0.1) is 24.5 Å². The van der Waals surface area contributed by atoms with Crippen LogP contribution in [0.3, 0.4) is 0 Å². The summed E-state index contributed by atoms with van der Waals surface area (Å²) in [4.78, 5) is 22.6. The molecule has 3 heterocycles. The Morgan fingerprint density at radius 3 is 2.76 bits per heavy atom. The molecule has 7 nitrogen and oxygen atoms in total. The van der Waals surface area contributed by atoms with Crippen molar-refractivity contribution in [1.82, 2.24) is 24.6 Å². The van der Waals surface area contributed by atoms with Gasteiger partial charge in [-0.3, -0.25) is 9.48 Å². The molecule has 1 amide bonds. The molecule has 25 heavy (non-hydrogen) atoms. The third kappa shape index (κ3) is 3.87. The summed E-state index contributed by atoms with van der Waals surface area (Å²) in [6.45, 7) is 6.09. The number of carbonyl (C=O) groups excluding carboxylic acids is 1. The standard InChI is InChI=1S/C18H25N5O2/c1-13(2)23-17-10-22(7-6-15(17)16(21-23)11-25-3)18(24)5-4-14-8-19-12-20-9-14/h8-9,12-13H,4-7,10-11H2,1-3H3. The number of fused-ring (bicyclic) bond motifs is 1. The number of hydrogen-bond donors (Lipinski definition) is 0. The number of methoxy groups -OCH3 is 1. The fraction of sp³-hybridized carbons (Fsp3) is 0.556. The van der Waals surface area contributed by atoms with Crippen LogP contribution in [-0.4, -0.2) is 44.2 Å². The van der Waals surface area contributed by atoms with Gasteiger partial charge in [0.2, 0.25) is 5.91 Å². The molecule has 1 aliphatic heterocycles. The van der Waals surface area contributed by atoms with Gasteiger partial charge in [0.15, 0.2) is 0 Å². The molecule has 0 saturated heterocycles. The van der Waals surface area contributed by atoms with E-state index in [1.807, 2.05) is 9.58 Å². The zero-order valence-corrected chi connectivity index (χ0v) is 15.1. The van der Waals surface area contributed by atoms with Crippen molar-refractivity contribution in [1.29, 1.82) is 0 Å². The van der Waals surface area contributed by atoms with Crippen LogP contribution in [-0.2, 0) is 35.5 Å². The van der Waals surface area contributed by atoms with Gasteiger partial charge in [-0.05, 0) is 32.3 Å². The zero-order valence-electron chi connectivity index (χ0n) is 15.1. The second-order valence-electron chi connectivity index (χ2n) is 6.66. The zero-order chi connectivity index (χ0) is 17.8. The fourth-order valence-electron chi connectivity index (χ4n) is 3.28. The summed E-state index contributed by atoms with van der Waals surface area (Å²) < 4.78 is 7.32. The molecule has 0 aliphatic carbocycles. The summed E-state index contributed by atoms with van der Waals surface area (Å²) in [6.07, 6.45) is 7.01. The van der Waals surface area contributed by atoms with Crippen LogP contribution in [0.5, 0.6) is 0 Å². The molecule has 2 aromatic rings. The number of rotatable bonds is 6. The lowest BCUT2D eigenvalue weighted by Gasteiger charge is -2.28. The molecule has 0 unspecified atom stereocenters. The normalized spacial score (nSPS) is 14.0. The third-order valence-electron chi connectivity index (χ3n) is 4.54. The number of nitrogens with zero attached hydrogens (tertiary/aromatic N) is 5. The molecular weight excluding hydrogens is 318 g/mol. The van der Waals surface area contributed by atoms with Crippen LogP contribution in [0, 0.1) is 0 Å². The van der Waals surface area contributed by atoms with E-state index in [-0.39, 0.29) is 11.9 Å². The first-order chi connectivity index (χ1) is 12.1. The molecule has 7 heteroatoms. The van der Waals surface area contributed by atoms with Gasteiger partial charge >= 0.3 is 0 Å². The predicted octanol–water partition coefficient (Wildman–Crippen LogP) is 1.92. The second-order valence-corrected chi connectivity index (χ2v) is 6.66. The van der Waals surface area contributed by atoms with Gasteiger partial charge in [-0.2, -0.15) is 5.10 Å². The first-order valence-electron chi connectivity index (χ1n) is 8.70. The molecule has 2 aromatic heterocycles. The average molecular weight is 343 g/mol. The van der Waals surface area contributed by atoms with Crippen molar-refractivity contribution in [3.05, 3.63) is 41.2 Å². The Labute approximate surface area is 148 Å². The highest BCUT2D eigenvalue weighted by atomic mass is 16.5. The Balaban J connectivity index is 1.70. The topological polar surface area (TPSA) is 73.1 Å². The van der Waals surface area contributed by atoms with Crippen LogP contribution in [0.4, 0.5) is 0 Å². The number of ether oxygens (including phenoxy) is 1. The van der Waals surface area contributed by atoms with Crippen LogP contribution < -0.4 is 0 Å². The second kappa shape index (κ2) is 7.74. The monoisotopic (exact) mass is 343 g/mol. The Hall–Kier alpha value is -2.28. The maximum Gasteiger partial charge on any atom is 0.223 e. The van der Waals surface area contributed by atoms with E-state index >= 15 is 0 Å². The molecular formula is C18H25N5O2. The lowest BCUT2D eigenvalue weighted by Crippen LogP contribution is -2.37. The smallest absolute Gasteiger partial charge is 0.223 e. The summed E-state index contributed by atoms with van der Waals surface area (Å²) in [6, 6.07) is 0.260. The van der Waals surface area contributed by atoms with Crippen LogP contribution in [0.1, 0.15) is 48.8 Å². The van der Waals surface area contributed by atoms with Crippen molar-refractivity contribution in [3.63, 3.8) is 0 Å². The van der Waals surface area contributed by atoms with E-state index in [1.165, 1.54) is 11.9 Å². The minimum atomic E-state index is 0.166. The average Bonchev–Trinajstić information content (AvgIpc) is 2.99. The van der Waals surface area contributed by atoms with E-state index in [2.05, 4.69) is 23.8 Å². The molecule has 0 saturated carbocycles. The predicted molar refractivity (Wildman–Crippen MR) is 92.8 cm³/mol. The first kappa shape index (κ1) is 17.5. The lowest BCUT2D eigenvalue weighted by atomic mass is 10.0. The van der Waals surface area contributed by atoms with Crippen molar-refractivity contribution < 1.29 is 9.53 Å². The van der Waals surface area contributed by atoms with Crippen LogP contribution in [0.2, 0.25) is 0 Å². The highest BCUT2D eigenvalue weighted by Gasteiger charge is 2.27. The molecule has 3 rings (SSSR count). The minimum absolute atomic E-state index is 0.166. The summed E-state index contributed by atoms with van der Waals surface area (Å²) in [5, 5.41) is 4.71. The van der Waals surface area contributed by atoms with E-state index in [9.17, 15) is 4.79 Å². The number of aryl methyl sites for hydroxylation is 1. The van der Waals surface area contributed by atoms with Gasteiger partial charge < -0.3 is 9.64 Å². The number of amides is 1. The fourth-order valence-corrected chi connectivity index (χ4v) is 3.28. The van der Waals surface area contributed by atoms with Gasteiger partial charge in [-0.1, -0.05) is 0 Å². The highest BCUT2D eigenvalue weighted by Crippen LogP contribution is 2.26. The Kier molecular flexibility index (Phi) is 5.43. The molecule has 0 fully saturated rings. The van der Waals surface area contributed by atoms with Crippen molar-refractivity contribution >= 4 is 5.91 Å². The van der Waals surface area contributed by atoms with E-state index in [0.717, 1.165) is 29.9 Å². The molecule has 1 aliphatic rings.